The lowest BCUT2D eigenvalue weighted by Gasteiger charge is -2.27. The lowest BCUT2D eigenvalue weighted by molar-refractivity contribution is -0.151. The summed E-state index contributed by atoms with van der Waals surface area (Å²) in [5.74, 6) is 1.22. The summed E-state index contributed by atoms with van der Waals surface area (Å²) in [6, 6.07) is 1.94. The van der Waals surface area contributed by atoms with Gasteiger partial charge in [-0.2, -0.15) is 0 Å². The van der Waals surface area contributed by atoms with Gasteiger partial charge in [-0.1, -0.05) is 0 Å². The van der Waals surface area contributed by atoms with E-state index in [0.717, 1.165) is 43.3 Å². The number of rotatable bonds is 5. The molecule has 2 aliphatic rings. The topological polar surface area (TPSA) is 84.9 Å². The fraction of sp³-hybridized carbons (Fsp3) is 0.714. The van der Waals surface area contributed by atoms with Gasteiger partial charge in [-0.15, -0.1) is 0 Å². The zero-order valence-corrected chi connectivity index (χ0v) is 18.3. The third-order valence-electron chi connectivity index (χ3n) is 6.44. The number of carbonyl (C=O) groups is 2. The maximum Gasteiger partial charge on any atom is 0.313 e. The summed E-state index contributed by atoms with van der Waals surface area (Å²) in [5, 5.41) is 0. The van der Waals surface area contributed by atoms with Crippen molar-refractivity contribution >= 4 is 17.8 Å². The molecule has 1 aromatic heterocycles. The number of hydrogen-bond acceptors (Lipinski definition) is 8. The number of carbonyl (C=O) groups excluding carboxylic acids is 2. The first-order valence-corrected chi connectivity index (χ1v) is 10.1. The molecule has 3 unspecified atom stereocenters. The number of hydrogen-bond donors (Lipinski definition) is 0. The van der Waals surface area contributed by atoms with Crippen molar-refractivity contribution < 1.29 is 19.1 Å². The lowest BCUT2D eigenvalue weighted by atomic mass is 9.90. The molecule has 0 spiro atoms. The number of methoxy groups -OCH3 is 2. The molecular weight excluding hydrogens is 372 g/mol. The first kappa shape index (κ1) is 21.5. The van der Waals surface area contributed by atoms with Crippen LogP contribution in [0.3, 0.4) is 0 Å². The highest BCUT2D eigenvalue weighted by Crippen LogP contribution is 2.37. The second kappa shape index (κ2) is 7.89. The van der Waals surface area contributed by atoms with Crippen molar-refractivity contribution in [1.82, 2.24) is 14.9 Å². The zero-order chi connectivity index (χ0) is 21.4. The van der Waals surface area contributed by atoms with Crippen LogP contribution >= 0.6 is 0 Å². The Balaban J connectivity index is 1.78. The molecule has 8 nitrogen and oxygen atoms in total. The summed E-state index contributed by atoms with van der Waals surface area (Å²) < 4.78 is 9.96. The zero-order valence-electron chi connectivity index (χ0n) is 18.3. The number of nitrogens with zero attached hydrogens (tertiary/aromatic N) is 4. The number of aryl methyl sites for hydroxylation is 1. The SMILES string of the molecule is COC(=O)C1(C)CCN(c2cc(C)nc(C(C)N3CCC(C)(C(=O)OC)C3)n2)C1. The predicted molar refractivity (Wildman–Crippen MR) is 108 cm³/mol. The fourth-order valence-electron chi connectivity index (χ4n) is 4.40. The number of likely N-dealkylation sites (tertiary alicyclic amines) is 1. The molecule has 0 aliphatic carbocycles. The molecule has 0 aromatic carbocycles. The molecule has 3 heterocycles. The van der Waals surface area contributed by atoms with Gasteiger partial charge in [0.15, 0.2) is 0 Å². The van der Waals surface area contributed by atoms with Crippen molar-refractivity contribution in [2.24, 2.45) is 10.8 Å². The van der Waals surface area contributed by atoms with Crippen LogP contribution in [0.5, 0.6) is 0 Å². The van der Waals surface area contributed by atoms with Gasteiger partial charge in [-0.25, -0.2) is 9.97 Å². The minimum atomic E-state index is -0.517. The number of anilines is 1. The summed E-state index contributed by atoms with van der Waals surface area (Å²) in [6.07, 6.45) is 1.49. The van der Waals surface area contributed by atoms with E-state index in [4.69, 9.17) is 14.5 Å². The molecule has 3 atom stereocenters. The van der Waals surface area contributed by atoms with Crippen LogP contribution in [0.4, 0.5) is 5.82 Å². The summed E-state index contributed by atoms with van der Waals surface area (Å²) in [6.45, 7) is 10.7. The third-order valence-corrected chi connectivity index (χ3v) is 6.44. The Morgan fingerprint density at radius 1 is 1.03 bits per heavy atom. The second-order valence-corrected chi connectivity index (χ2v) is 8.90. The van der Waals surface area contributed by atoms with E-state index in [1.807, 2.05) is 26.8 Å². The van der Waals surface area contributed by atoms with Crippen LogP contribution in [0.1, 0.15) is 51.2 Å². The standard InChI is InChI=1S/C21H32N4O4/c1-14-11-16(25-10-8-21(4,13-25)19(27)29-6)23-17(22-14)15(2)24-9-7-20(3,12-24)18(26)28-5/h11,15H,7-10,12-13H2,1-6H3. The maximum absolute atomic E-state index is 12.1. The molecule has 160 valence electrons. The minimum absolute atomic E-state index is 0.0188. The van der Waals surface area contributed by atoms with E-state index in [1.54, 1.807) is 0 Å². The summed E-state index contributed by atoms with van der Waals surface area (Å²) >= 11 is 0. The average Bonchev–Trinajstić information content (AvgIpc) is 3.30. The van der Waals surface area contributed by atoms with Crippen LogP contribution in [0.25, 0.3) is 0 Å². The van der Waals surface area contributed by atoms with Gasteiger partial charge in [0.2, 0.25) is 0 Å². The Hall–Kier alpha value is -2.22. The normalized spacial score (nSPS) is 28.4. The van der Waals surface area contributed by atoms with E-state index in [9.17, 15) is 9.59 Å². The highest BCUT2D eigenvalue weighted by molar-refractivity contribution is 5.78. The Labute approximate surface area is 172 Å². The van der Waals surface area contributed by atoms with Crippen molar-refractivity contribution in [2.45, 2.75) is 46.6 Å². The van der Waals surface area contributed by atoms with Gasteiger partial charge in [0.1, 0.15) is 11.6 Å². The maximum atomic E-state index is 12.1. The fourth-order valence-corrected chi connectivity index (χ4v) is 4.40. The number of esters is 2. The Morgan fingerprint density at radius 2 is 1.62 bits per heavy atom. The van der Waals surface area contributed by atoms with Gasteiger partial charge in [0.25, 0.3) is 0 Å². The first-order chi connectivity index (χ1) is 13.6. The molecule has 8 heteroatoms. The molecule has 2 aliphatic heterocycles. The third kappa shape index (κ3) is 4.08. The first-order valence-electron chi connectivity index (χ1n) is 10.1. The van der Waals surface area contributed by atoms with E-state index in [2.05, 4.69) is 21.7 Å². The molecule has 1 aromatic rings. The van der Waals surface area contributed by atoms with E-state index >= 15 is 0 Å². The van der Waals surface area contributed by atoms with Crippen molar-refractivity contribution in [1.29, 1.82) is 0 Å². The lowest BCUT2D eigenvalue weighted by Crippen LogP contribution is -2.35. The highest BCUT2D eigenvalue weighted by Gasteiger charge is 2.44. The largest absolute Gasteiger partial charge is 0.469 e. The van der Waals surface area contributed by atoms with Gasteiger partial charge >= 0.3 is 11.9 Å². The van der Waals surface area contributed by atoms with E-state index in [1.165, 1.54) is 14.2 Å². The van der Waals surface area contributed by atoms with E-state index < -0.39 is 10.8 Å². The quantitative estimate of drug-likeness (QED) is 0.690. The number of aromatic nitrogens is 2. The van der Waals surface area contributed by atoms with Gasteiger partial charge in [-0.3, -0.25) is 14.5 Å². The molecule has 0 radical (unpaired) electrons. The molecule has 0 N–H and O–H groups in total. The molecule has 2 fully saturated rings. The predicted octanol–water partition coefficient (Wildman–Crippen LogP) is 2.12. The van der Waals surface area contributed by atoms with E-state index in [-0.39, 0.29) is 18.0 Å². The molecule has 0 amide bonds. The van der Waals surface area contributed by atoms with Crippen molar-refractivity contribution in [3.05, 3.63) is 17.6 Å². The van der Waals surface area contributed by atoms with E-state index in [0.29, 0.717) is 13.1 Å². The summed E-state index contributed by atoms with van der Waals surface area (Å²) in [5.41, 5.74) is -0.123. The summed E-state index contributed by atoms with van der Waals surface area (Å²) in [4.78, 5) is 38.1. The highest BCUT2D eigenvalue weighted by atomic mass is 16.5. The molecule has 0 bridgehead atoms. The van der Waals surface area contributed by atoms with Crippen LogP contribution in [0.15, 0.2) is 6.07 Å². The Morgan fingerprint density at radius 3 is 2.24 bits per heavy atom. The van der Waals surface area contributed by atoms with Crippen LogP contribution in [0, 0.1) is 17.8 Å². The smallest absolute Gasteiger partial charge is 0.313 e. The molecule has 2 saturated heterocycles. The summed E-state index contributed by atoms with van der Waals surface area (Å²) in [7, 11) is 2.87. The van der Waals surface area contributed by atoms with Gasteiger partial charge < -0.3 is 14.4 Å². The van der Waals surface area contributed by atoms with Crippen LogP contribution in [-0.2, 0) is 19.1 Å². The van der Waals surface area contributed by atoms with Crippen molar-refractivity contribution in [3.63, 3.8) is 0 Å². The van der Waals surface area contributed by atoms with Crippen LogP contribution < -0.4 is 4.90 Å². The molecular formula is C21H32N4O4. The van der Waals surface area contributed by atoms with Gasteiger partial charge in [0.05, 0.1) is 31.1 Å². The van der Waals surface area contributed by atoms with Crippen molar-refractivity contribution in [2.75, 3.05) is 45.3 Å². The molecule has 29 heavy (non-hydrogen) atoms. The Bertz CT molecular complexity index is 801. The average molecular weight is 405 g/mol. The van der Waals surface area contributed by atoms with Crippen LogP contribution in [0.2, 0.25) is 0 Å². The molecule has 0 saturated carbocycles. The van der Waals surface area contributed by atoms with Crippen molar-refractivity contribution in [3.8, 4) is 0 Å². The van der Waals surface area contributed by atoms with Gasteiger partial charge in [-0.05, 0) is 40.5 Å². The van der Waals surface area contributed by atoms with Crippen LogP contribution in [-0.4, -0.2) is 67.2 Å². The monoisotopic (exact) mass is 404 g/mol. The number of ether oxygens (including phenoxy) is 2. The Kier molecular flexibility index (Phi) is 5.85. The second-order valence-electron chi connectivity index (χ2n) is 8.90. The minimum Gasteiger partial charge on any atom is -0.469 e. The molecule has 3 rings (SSSR count). The van der Waals surface area contributed by atoms with Gasteiger partial charge in [0, 0.05) is 37.9 Å².